The van der Waals surface area contributed by atoms with E-state index in [1.54, 1.807) is 36.1 Å². The first-order valence-electron chi connectivity index (χ1n) is 13.1. The van der Waals surface area contributed by atoms with E-state index < -0.39 is 17.9 Å². The number of β-amino-alcohol motifs (C(OH)–C–C–N with tert-alkyl or cyclic N) is 1. The number of furan rings is 1. The predicted molar refractivity (Wildman–Crippen MR) is 143 cm³/mol. The number of hydrogen-bond acceptors (Lipinski definition) is 8. The first kappa shape index (κ1) is 27.1. The van der Waals surface area contributed by atoms with Crippen molar-refractivity contribution in [3.8, 4) is 5.88 Å². The fraction of sp³-hybridized carbons (Fsp3) is 0.393. The number of rotatable bonds is 6. The van der Waals surface area contributed by atoms with Gasteiger partial charge in [-0.15, -0.1) is 0 Å². The summed E-state index contributed by atoms with van der Waals surface area (Å²) in [5.41, 5.74) is 8.18. The van der Waals surface area contributed by atoms with Crippen molar-refractivity contribution in [2.75, 3.05) is 26.2 Å². The number of aromatic nitrogens is 2. The van der Waals surface area contributed by atoms with Crippen LogP contribution in [0, 0.1) is 18.3 Å². The number of hydrogen-bond donors (Lipinski definition) is 3. The first-order chi connectivity index (χ1) is 19.1. The quantitative estimate of drug-likeness (QED) is 0.311. The number of carbonyl (C=O) groups excluding carboxylic acids is 3. The van der Waals surface area contributed by atoms with Crippen LogP contribution in [0.1, 0.15) is 52.0 Å². The minimum absolute atomic E-state index is 0.0405. The molecule has 0 radical (unpaired) electrons. The van der Waals surface area contributed by atoms with E-state index in [-0.39, 0.29) is 54.7 Å². The number of urea groups is 1. The predicted octanol–water partition coefficient (Wildman–Crippen LogP) is 2.13. The minimum atomic E-state index is -0.635. The molecule has 40 heavy (non-hydrogen) atoms. The zero-order valence-corrected chi connectivity index (χ0v) is 22.4. The molecule has 12 nitrogen and oxygen atoms in total. The SMILES string of the molecule is Cc1c(C2C(=O)CN(C(=O)N3CCC(O)C3)CC2C)nn(C(=O)c2ccoc2)c1OCc1ccc(C(=N)N)cc1. The zero-order chi connectivity index (χ0) is 28.6. The van der Waals surface area contributed by atoms with Gasteiger partial charge in [0.1, 0.15) is 18.7 Å². The summed E-state index contributed by atoms with van der Waals surface area (Å²) < 4.78 is 12.4. The number of piperidine rings is 1. The second kappa shape index (κ2) is 11.0. The Morgan fingerprint density at radius 1 is 1.18 bits per heavy atom. The Morgan fingerprint density at radius 2 is 1.93 bits per heavy atom. The molecule has 2 aromatic heterocycles. The summed E-state index contributed by atoms with van der Waals surface area (Å²) >= 11 is 0. The molecule has 0 bridgehead atoms. The molecule has 210 valence electrons. The lowest BCUT2D eigenvalue weighted by Gasteiger charge is -2.37. The number of nitrogens with two attached hydrogens (primary N) is 1. The number of ketones is 1. The number of amidine groups is 1. The first-order valence-corrected chi connectivity index (χ1v) is 13.1. The van der Waals surface area contributed by atoms with Gasteiger partial charge in [0.2, 0.25) is 5.88 Å². The third kappa shape index (κ3) is 5.22. The molecular weight excluding hydrogens is 516 g/mol. The summed E-state index contributed by atoms with van der Waals surface area (Å²) in [4.78, 5) is 42.9. The highest BCUT2D eigenvalue weighted by atomic mass is 16.5. The number of aliphatic hydroxyl groups excluding tert-OH is 1. The molecule has 2 aliphatic heterocycles. The summed E-state index contributed by atoms with van der Waals surface area (Å²) in [6, 6.07) is 8.26. The average molecular weight is 549 g/mol. The fourth-order valence-electron chi connectivity index (χ4n) is 5.34. The molecule has 2 aliphatic rings. The number of nitrogen functional groups attached to an aromatic ring is 1. The molecular formula is C28H32N6O6. The van der Waals surface area contributed by atoms with Crippen molar-refractivity contribution in [3.63, 3.8) is 0 Å². The zero-order valence-electron chi connectivity index (χ0n) is 22.4. The van der Waals surface area contributed by atoms with Crippen molar-refractivity contribution >= 4 is 23.6 Å². The summed E-state index contributed by atoms with van der Waals surface area (Å²) in [6.07, 6.45) is 2.69. The summed E-state index contributed by atoms with van der Waals surface area (Å²) in [5.74, 6) is -1.38. The van der Waals surface area contributed by atoms with E-state index in [0.717, 1.165) is 10.2 Å². The van der Waals surface area contributed by atoms with Crippen molar-refractivity contribution < 1.29 is 28.6 Å². The largest absolute Gasteiger partial charge is 0.472 e. The monoisotopic (exact) mass is 548 g/mol. The van der Waals surface area contributed by atoms with Crippen LogP contribution in [-0.4, -0.2) is 80.5 Å². The second-order valence-electron chi connectivity index (χ2n) is 10.4. The number of likely N-dealkylation sites (tertiary alicyclic amines) is 2. The van der Waals surface area contributed by atoms with Crippen molar-refractivity contribution in [2.45, 2.75) is 38.9 Å². The number of Topliss-reactive ketones (excluding diaryl/α,β-unsaturated/α-hetero) is 1. The Morgan fingerprint density at radius 3 is 2.52 bits per heavy atom. The Labute approximate surface area is 230 Å². The standard InChI is InChI=1S/C28H32N6O6/c1-16-11-33(28(38)32-9-7-21(35)12-32)13-22(36)23(16)24-17(2)27(34(31-24)26(37)20-8-10-39-15-20)40-14-18-3-5-19(6-4-18)25(29)30/h3-6,8,10,15-16,21,23,35H,7,9,11-14H2,1-2H3,(H3,29,30). The molecule has 5 rings (SSSR count). The number of amides is 2. The summed E-state index contributed by atoms with van der Waals surface area (Å²) in [6.45, 7) is 4.73. The molecule has 2 amide bonds. The van der Waals surface area contributed by atoms with Crippen LogP contribution in [-0.2, 0) is 11.4 Å². The highest BCUT2D eigenvalue weighted by Gasteiger charge is 2.41. The second-order valence-corrected chi connectivity index (χ2v) is 10.4. The Hall–Kier alpha value is -4.45. The summed E-state index contributed by atoms with van der Waals surface area (Å²) in [7, 11) is 0. The number of nitrogens with zero attached hydrogens (tertiary/aromatic N) is 4. The Bertz CT molecular complexity index is 1430. The topological polar surface area (TPSA) is 168 Å². The van der Waals surface area contributed by atoms with Gasteiger partial charge in [0.05, 0.1) is 36.1 Å². The lowest BCUT2D eigenvalue weighted by Crippen LogP contribution is -2.52. The van der Waals surface area contributed by atoms with E-state index in [9.17, 15) is 19.5 Å². The van der Waals surface area contributed by atoms with E-state index in [4.69, 9.17) is 20.3 Å². The van der Waals surface area contributed by atoms with Gasteiger partial charge in [-0.2, -0.15) is 9.78 Å². The van der Waals surface area contributed by atoms with E-state index in [1.807, 2.05) is 6.92 Å². The van der Waals surface area contributed by atoms with Gasteiger partial charge in [0.25, 0.3) is 5.91 Å². The maximum absolute atomic E-state index is 13.5. The molecule has 0 saturated carbocycles. The van der Waals surface area contributed by atoms with Crippen molar-refractivity contribution in [2.24, 2.45) is 11.7 Å². The van der Waals surface area contributed by atoms with Crippen LogP contribution in [0.3, 0.4) is 0 Å². The van der Waals surface area contributed by atoms with Crippen LogP contribution in [0.4, 0.5) is 4.79 Å². The van der Waals surface area contributed by atoms with Crippen molar-refractivity contribution in [1.29, 1.82) is 5.41 Å². The lowest BCUT2D eigenvalue weighted by molar-refractivity contribution is -0.125. The van der Waals surface area contributed by atoms with E-state index >= 15 is 0 Å². The third-order valence-corrected chi connectivity index (χ3v) is 7.48. The molecule has 1 aromatic carbocycles. The van der Waals surface area contributed by atoms with Crippen LogP contribution < -0.4 is 10.5 Å². The lowest BCUT2D eigenvalue weighted by atomic mass is 9.82. The molecule has 0 aliphatic carbocycles. The van der Waals surface area contributed by atoms with Crippen LogP contribution in [0.5, 0.6) is 5.88 Å². The van der Waals surface area contributed by atoms with Gasteiger partial charge >= 0.3 is 6.03 Å². The van der Waals surface area contributed by atoms with Gasteiger partial charge in [0, 0.05) is 30.8 Å². The fourth-order valence-corrected chi connectivity index (χ4v) is 5.34. The van der Waals surface area contributed by atoms with E-state index in [1.165, 1.54) is 23.5 Å². The van der Waals surface area contributed by atoms with Gasteiger partial charge in [-0.3, -0.25) is 15.0 Å². The van der Waals surface area contributed by atoms with Gasteiger partial charge in [-0.1, -0.05) is 31.2 Å². The van der Waals surface area contributed by atoms with Gasteiger partial charge in [0.15, 0.2) is 5.78 Å². The van der Waals surface area contributed by atoms with Crippen LogP contribution in [0.2, 0.25) is 0 Å². The third-order valence-electron chi connectivity index (χ3n) is 7.48. The molecule has 2 saturated heterocycles. The molecule has 3 atom stereocenters. The molecule has 4 N–H and O–H groups in total. The van der Waals surface area contributed by atoms with Crippen LogP contribution in [0.15, 0.2) is 47.3 Å². The van der Waals surface area contributed by atoms with Crippen LogP contribution in [0.25, 0.3) is 0 Å². The molecule has 0 spiro atoms. The molecule has 12 heteroatoms. The number of nitrogens with one attached hydrogen (secondary N) is 1. The Kier molecular flexibility index (Phi) is 7.44. The average Bonchev–Trinajstić information content (AvgIpc) is 3.68. The molecule has 4 heterocycles. The van der Waals surface area contributed by atoms with E-state index in [0.29, 0.717) is 36.3 Å². The number of benzene rings is 1. The maximum atomic E-state index is 13.5. The van der Waals surface area contributed by atoms with Crippen molar-refractivity contribution in [1.82, 2.24) is 19.6 Å². The van der Waals surface area contributed by atoms with Crippen LogP contribution >= 0.6 is 0 Å². The van der Waals surface area contributed by atoms with E-state index in [2.05, 4.69) is 5.10 Å². The number of ether oxygens (including phenoxy) is 1. The molecule has 3 aromatic rings. The highest BCUT2D eigenvalue weighted by Crippen LogP contribution is 2.36. The number of aliphatic hydroxyl groups is 1. The van der Waals surface area contributed by atoms with Gasteiger partial charge in [-0.05, 0) is 30.9 Å². The highest BCUT2D eigenvalue weighted by molar-refractivity contribution is 5.97. The molecule has 3 unspecified atom stereocenters. The molecule has 2 fully saturated rings. The Balaban J connectivity index is 1.41. The summed E-state index contributed by atoms with van der Waals surface area (Å²) in [5, 5.41) is 22.0. The van der Waals surface area contributed by atoms with Gasteiger partial charge < -0.3 is 29.8 Å². The smallest absolute Gasteiger partial charge is 0.320 e. The number of carbonyl (C=O) groups is 3. The maximum Gasteiger partial charge on any atom is 0.320 e. The van der Waals surface area contributed by atoms with Gasteiger partial charge in [-0.25, -0.2) is 4.79 Å². The normalized spacial score (nSPS) is 21.1. The van der Waals surface area contributed by atoms with Crippen molar-refractivity contribution in [3.05, 3.63) is 70.8 Å². The minimum Gasteiger partial charge on any atom is -0.472 e.